The minimum absolute atomic E-state index is 0.167. The summed E-state index contributed by atoms with van der Waals surface area (Å²) < 4.78 is 32.7. The summed E-state index contributed by atoms with van der Waals surface area (Å²) in [6.07, 6.45) is 6.16. The van der Waals surface area contributed by atoms with Crippen LogP contribution >= 0.6 is 0 Å². The smallest absolute Gasteiger partial charge is 0.162 e. The van der Waals surface area contributed by atoms with Gasteiger partial charge in [0.25, 0.3) is 0 Å². The van der Waals surface area contributed by atoms with Crippen LogP contribution in [0, 0.1) is 10.2 Å². The van der Waals surface area contributed by atoms with Crippen molar-refractivity contribution < 1.29 is 13.7 Å². The van der Waals surface area contributed by atoms with Crippen molar-refractivity contribution in [3.63, 3.8) is 0 Å². The molecule has 1 N–H and O–H groups in total. The second-order valence-corrected chi connectivity index (χ2v) is 9.95. The van der Waals surface area contributed by atoms with E-state index in [1.54, 1.807) is 20.5 Å². The number of rotatable bonds is 4. The lowest BCUT2D eigenvalue weighted by molar-refractivity contribution is 0.235. The van der Waals surface area contributed by atoms with E-state index in [9.17, 15) is 4.21 Å². The van der Waals surface area contributed by atoms with E-state index in [4.69, 9.17) is 14.3 Å². The topological polar surface area (TPSA) is 91.6 Å². The molecule has 0 bridgehead atoms. The molecule has 0 amide bonds. The van der Waals surface area contributed by atoms with Crippen LogP contribution in [-0.4, -0.2) is 65.1 Å². The SMILES string of the molecule is COc1cc2ncnc(N3CCC4(CC3)CCN([S@](C)(=N)=O)C4)c2cc1OC. The van der Waals surface area contributed by atoms with Crippen LogP contribution in [0.5, 0.6) is 11.5 Å². The molecule has 9 heteroatoms. The summed E-state index contributed by atoms with van der Waals surface area (Å²) >= 11 is 0. The summed E-state index contributed by atoms with van der Waals surface area (Å²) in [6.45, 7) is 3.29. The van der Waals surface area contributed by atoms with Crippen molar-refractivity contribution in [2.75, 3.05) is 51.6 Å². The van der Waals surface area contributed by atoms with E-state index in [0.29, 0.717) is 11.5 Å². The Labute approximate surface area is 166 Å². The molecule has 2 aliphatic heterocycles. The molecule has 2 fully saturated rings. The quantitative estimate of drug-likeness (QED) is 0.840. The molecular weight excluding hydrogens is 378 g/mol. The van der Waals surface area contributed by atoms with E-state index in [-0.39, 0.29) is 5.41 Å². The average molecular weight is 406 g/mol. The molecule has 2 aliphatic rings. The number of ether oxygens (including phenoxy) is 2. The Morgan fingerprint density at radius 2 is 1.71 bits per heavy atom. The summed E-state index contributed by atoms with van der Waals surface area (Å²) in [4.78, 5) is 11.3. The van der Waals surface area contributed by atoms with Crippen molar-refractivity contribution in [1.82, 2.24) is 14.3 Å². The van der Waals surface area contributed by atoms with Crippen molar-refractivity contribution >= 4 is 26.6 Å². The van der Waals surface area contributed by atoms with E-state index < -0.39 is 9.92 Å². The minimum Gasteiger partial charge on any atom is -0.493 e. The van der Waals surface area contributed by atoms with E-state index in [0.717, 1.165) is 62.2 Å². The van der Waals surface area contributed by atoms with Gasteiger partial charge >= 0.3 is 0 Å². The maximum atomic E-state index is 12.1. The first-order valence-electron chi connectivity index (χ1n) is 9.46. The van der Waals surface area contributed by atoms with Gasteiger partial charge in [-0.2, -0.15) is 0 Å². The zero-order chi connectivity index (χ0) is 19.9. The van der Waals surface area contributed by atoms with Gasteiger partial charge in [-0.05, 0) is 30.7 Å². The molecule has 4 rings (SSSR count). The van der Waals surface area contributed by atoms with Gasteiger partial charge in [0.05, 0.1) is 19.7 Å². The monoisotopic (exact) mass is 405 g/mol. The van der Waals surface area contributed by atoms with Crippen LogP contribution in [0.15, 0.2) is 18.5 Å². The lowest BCUT2D eigenvalue weighted by Crippen LogP contribution is -2.42. The molecule has 28 heavy (non-hydrogen) atoms. The third kappa shape index (κ3) is 3.37. The van der Waals surface area contributed by atoms with E-state index >= 15 is 0 Å². The van der Waals surface area contributed by atoms with Crippen LogP contribution < -0.4 is 14.4 Å². The molecule has 3 heterocycles. The fourth-order valence-electron chi connectivity index (χ4n) is 4.41. The van der Waals surface area contributed by atoms with Gasteiger partial charge in [-0.15, -0.1) is 0 Å². The van der Waals surface area contributed by atoms with Gasteiger partial charge in [0.15, 0.2) is 11.5 Å². The number of benzene rings is 1. The van der Waals surface area contributed by atoms with Crippen molar-refractivity contribution in [2.24, 2.45) is 5.41 Å². The first-order valence-corrected chi connectivity index (χ1v) is 11.4. The summed E-state index contributed by atoms with van der Waals surface area (Å²) in [5, 5.41) is 0.951. The first-order chi connectivity index (χ1) is 13.3. The number of aromatic nitrogens is 2. The first kappa shape index (κ1) is 19.2. The highest BCUT2D eigenvalue weighted by Gasteiger charge is 2.42. The third-order valence-electron chi connectivity index (χ3n) is 6.14. The predicted octanol–water partition coefficient (Wildman–Crippen LogP) is 2.53. The molecule has 1 atom stereocenters. The molecule has 0 saturated carbocycles. The van der Waals surface area contributed by atoms with Crippen LogP contribution in [0.4, 0.5) is 5.82 Å². The molecule has 0 aliphatic carbocycles. The van der Waals surface area contributed by atoms with E-state index in [2.05, 4.69) is 14.9 Å². The average Bonchev–Trinajstić information content (AvgIpc) is 3.11. The molecule has 152 valence electrons. The highest BCUT2D eigenvalue weighted by molar-refractivity contribution is 7.89. The van der Waals surface area contributed by atoms with Crippen molar-refractivity contribution in [1.29, 1.82) is 4.78 Å². The number of hydrogen-bond donors (Lipinski definition) is 1. The highest BCUT2D eigenvalue weighted by atomic mass is 32.2. The van der Waals surface area contributed by atoms with Gasteiger partial charge in [-0.3, -0.25) is 0 Å². The molecule has 8 nitrogen and oxygen atoms in total. The fourth-order valence-corrected chi connectivity index (χ4v) is 5.37. The van der Waals surface area contributed by atoms with Crippen LogP contribution in [-0.2, 0) is 9.92 Å². The van der Waals surface area contributed by atoms with Crippen molar-refractivity contribution in [2.45, 2.75) is 19.3 Å². The number of nitrogens with zero attached hydrogens (tertiary/aromatic N) is 4. The number of methoxy groups -OCH3 is 2. The number of hydrogen-bond acceptors (Lipinski definition) is 7. The molecule has 0 unspecified atom stereocenters. The van der Waals surface area contributed by atoms with E-state index in [1.165, 1.54) is 6.26 Å². The second-order valence-electron chi connectivity index (χ2n) is 7.82. The van der Waals surface area contributed by atoms with Gasteiger partial charge in [-0.25, -0.2) is 23.3 Å². The molecule has 2 aromatic rings. The molecule has 0 radical (unpaired) electrons. The largest absolute Gasteiger partial charge is 0.493 e. The number of fused-ring (bicyclic) bond motifs is 1. The van der Waals surface area contributed by atoms with Crippen molar-refractivity contribution in [3.8, 4) is 11.5 Å². The normalized spacial score (nSPS) is 21.8. The maximum Gasteiger partial charge on any atom is 0.162 e. The molecule has 1 spiro atoms. The lowest BCUT2D eigenvalue weighted by Gasteiger charge is -2.40. The molecule has 1 aromatic carbocycles. The fraction of sp³-hybridized carbons (Fsp3) is 0.579. The van der Waals surface area contributed by atoms with Gasteiger partial charge in [0.2, 0.25) is 0 Å². The number of nitrogens with one attached hydrogen (secondary N) is 1. The Kier molecular flexibility index (Phi) is 4.83. The zero-order valence-electron chi connectivity index (χ0n) is 16.6. The Hall–Kier alpha value is -2.13. The summed E-state index contributed by atoms with van der Waals surface area (Å²) in [7, 11) is 0.631. The molecular formula is C19H27N5O3S. The molecule has 2 saturated heterocycles. The third-order valence-corrected chi connectivity index (χ3v) is 7.44. The van der Waals surface area contributed by atoms with Gasteiger partial charge in [0.1, 0.15) is 22.1 Å². The highest BCUT2D eigenvalue weighted by Crippen LogP contribution is 2.43. The number of anilines is 1. The minimum atomic E-state index is -2.61. The zero-order valence-corrected chi connectivity index (χ0v) is 17.4. The maximum absolute atomic E-state index is 12.1. The van der Waals surface area contributed by atoms with Gasteiger partial charge < -0.3 is 14.4 Å². The van der Waals surface area contributed by atoms with Crippen molar-refractivity contribution in [3.05, 3.63) is 18.5 Å². The number of piperidine rings is 1. The second kappa shape index (κ2) is 7.04. The standard InChI is InChI=1S/C19H27N5O3S/c1-26-16-10-14-15(11-17(16)27-2)21-13-22-18(14)23-7-4-19(5-8-23)6-9-24(12-19)28(3,20)25/h10-11,13,20H,4-9,12H2,1-3H3/t28-/m0/s1. The Bertz CT molecular complexity index is 986. The van der Waals surface area contributed by atoms with Crippen LogP contribution in [0.25, 0.3) is 10.9 Å². The van der Waals surface area contributed by atoms with Gasteiger partial charge in [0, 0.05) is 43.9 Å². The van der Waals surface area contributed by atoms with Crippen LogP contribution in [0.2, 0.25) is 0 Å². The van der Waals surface area contributed by atoms with E-state index in [1.807, 2.05) is 16.4 Å². The Morgan fingerprint density at radius 1 is 1.07 bits per heavy atom. The Balaban J connectivity index is 1.58. The predicted molar refractivity (Wildman–Crippen MR) is 109 cm³/mol. The molecule has 1 aromatic heterocycles. The summed E-state index contributed by atoms with van der Waals surface area (Å²) in [5.41, 5.74) is 0.995. The summed E-state index contributed by atoms with van der Waals surface area (Å²) in [6, 6.07) is 3.82. The lowest BCUT2D eigenvalue weighted by atomic mass is 9.78. The summed E-state index contributed by atoms with van der Waals surface area (Å²) in [5.74, 6) is 2.23. The Morgan fingerprint density at radius 3 is 2.32 bits per heavy atom. The van der Waals surface area contributed by atoms with Crippen LogP contribution in [0.3, 0.4) is 0 Å². The van der Waals surface area contributed by atoms with Crippen LogP contribution in [0.1, 0.15) is 19.3 Å². The van der Waals surface area contributed by atoms with Gasteiger partial charge in [-0.1, -0.05) is 0 Å².